The average molecular weight is 413 g/mol. The quantitative estimate of drug-likeness (QED) is 0.595. The van der Waals surface area contributed by atoms with Gasteiger partial charge in [0.15, 0.2) is 0 Å². The number of aryl methyl sites for hydroxylation is 4. The largest absolute Gasteiger partial charge is 0.444 e. The van der Waals surface area contributed by atoms with Gasteiger partial charge < -0.3 is 14.2 Å². The second-order valence-corrected chi connectivity index (χ2v) is 8.60. The summed E-state index contributed by atoms with van der Waals surface area (Å²) in [6.45, 7) is 2.81. The highest BCUT2D eigenvalue weighted by Crippen LogP contribution is 2.32. The van der Waals surface area contributed by atoms with Crippen LogP contribution in [0.2, 0.25) is 0 Å². The molecule has 5 nitrogen and oxygen atoms in total. The molecule has 0 N–H and O–H groups in total. The van der Waals surface area contributed by atoms with E-state index in [0.29, 0.717) is 24.2 Å². The van der Waals surface area contributed by atoms with Gasteiger partial charge in [-0.1, -0.05) is 17.7 Å². The standard InChI is InChI=1S/C25H31N3O2/c1-17-6-9-22-20(14-17)21-16-27(24(29)30-25(3,4)5)12-11-23(21)28(22)13-10-19-8-7-18(2)26-15-19/h6-9,14-15H,10-13,16H2,1-5H3/i2D3,10D2,13D2. The molecule has 0 saturated heterocycles. The van der Waals surface area contributed by atoms with Crippen molar-refractivity contribution in [2.75, 3.05) is 6.54 Å². The van der Waals surface area contributed by atoms with E-state index in [1.54, 1.807) is 31.7 Å². The number of carbonyl (C=O) groups is 1. The van der Waals surface area contributed by atoms with Gasteiger partial charge in [0.2, 0.25) is 0 Å². The molecule has 0 radical (unpaired) electrons. The SMILES string of the molecule is [2H]C([2H])([2H])c1ccc(C([2H])([2H])C([2H])([2H])n2c3c(c4cc(C)ccc42)CN(C(=O)OC(C)(C)C)CC3)cn1. The molecule has 3 heterocycles. The molecule has 1 aromatic carbocycles. The van der Waals surface area contributed by atoms with Gasteiger partial charge in [0.25, 0.3) is 0 Å². The van der Waals surface area contributed by atoms with Gasteiger partial charge in [-0.25, -0.2) is 4.79 Å². The Morgan fingerprint density at radius 1 is 1.30 bits per heavy atom. The van der Waals surface area contributed by atoms with E-state index in [1.807, 2.05) is 19.1 Å². The molecule has 1 amide bonds. The van der Waals surface area contributed by atoms with E-state index in [2.05, 4.69) is 4.98 Å². The van der Waals surface area contributed by atoms with Gasteiger partial charge in [-0.05, 0) is 64.7 Å². The molecule has 30 heavy (non-hydrogen) atoms. The van der Waals surface area contributed by atoms with E-state index < -0.39 is 31.4 Å². The Morgan fingerprint density at radius 3 is 2.83 bits per heavy atom. The summed E-state index contributed by atoms with van der Waals surface area (Å²) in [5.74, 6) is 0. The van der Waals surface area contributed by atoms with Crippen LogP contribution in [-0.4, -0.2) is 32.7 Å². The van der Waals surface area contributed by atoms with Crippen molar-refractivity contribution in [1.29, 1.82) is 0 Å². The fourth-order valence-corrected chi connectivity index (χ4v) is 3.67. The minimum atomic E-state index is -2.56. The lowest BCUT2D eigenvalue weighted by molar-refractivity contribution is 0.0223. The third-order valence-corrected chi connectivity index (χ3v) is 5.03. The zero-order valence-electron chi connectivity index (χ0n) is 24.7. The predicted molar refractivity (Wildman–Crippen MR) is 120 cm³/mol. The highest BCUT2D eigenvalue weighted by atomic mass is 16.6. The molecule has 2 aromatic heterocycles. The number of aromatic nitrogens is 2. The van der Waals surface area contributed by atoms with E-state index in [-0.39, 0.29) is 17.8 Å². The Bertz CT molecular complexity index is 1340. The first kappa shape index (κ1) is 13.5. The second-order valence-electron chi connectivity index (χ2n) is 8.60. The van der Waals surface area contributed by atoms with Crippen molar-refractivity contribution in [1.82, 2.24) is 14.5 Å². The number of fused-ring (bicyclic) bond motifs is 3. The third-order valence-electron chi connectivity index (χ3n) is 5.03. The Hall–Kier alpha value is -2.82. The van der Waals surface area contributed by atoms with Crippen molar-refractivity contribution in [2.24, 2.45) is 0 Å². The van der Waals surface area contributed by atoms with Crippen LogP contribution < -0.4 is 0 Å². The Balaban J connectivity index is 1.81. The van der Waals surface area contributed by atoms with Crippen molar-refractivity contribution < 1.29 is 19.1 Å². The molecule has 1 aliphatic heterocycles. The van der Waals surface area contributed by atoms with Gasteiger partial charge in [0, 0.05) is 60.4 Å². The molecule has 158 valence electrons. The molecule has 0 aliphatic carbocycles. The summed E-state index contributed by atoms with van der Waals surface area (Å²) in [4.78, 5) is 18.3. The van der Waals surface area contributed by atoms with Crippen molar-refractivity contribution >= 4 is 17.0 Å². The number of nitrogens with zero attached hydrogens (tertiary/aromatic N) is 3. The van der Waals surface area contributed by atoms with Crippen LogP contribution in [0.15, 0.2) is 36.5 Å². The fraction of sp³-hybridized carbons (Fsp3) is 0.440. The molecule has 0 atom stereocenters. The molecular formula is C25H31N3O2. The van der Waals surface area contributed by atoms with Crippen molar-refractivity contribution in [2.45, 2.75) is 66.0 Å². The monoisotopic (exact) mass is 412 g/mol. The number of benzene rings is 1. The van der Waals surface area contributed by atoms with E-state index in [4.69, 9.17) is 14.3 Å². The van der Waals surface area contributed by atoms with Gasteiger partial charge in [0.1, 0.15) is 5.60 Å². The number of pyridine rings is 1. The normalized spacial score (nSPS) is 18.9. The zero-order valence-corrected chi connectivity index (χ0v) is 17.7. The molecular weight excluding hydrogens is 374 g/mol. The maximum Gasteiger partial charge on any atom is 0.410 e. The number of rotatable bonds is 3. The Morgan fingerprint density at radius 2 is 2.13 bits per heavy atom. The summed E-state index contributed by atoms with van der Waals surface area (Å²) in [5.41, 5.74) is 1.93. The maximum absolute atomic E-state index is 12.8. The number of ether oxygens (including phenoxy) is 1. The van der Waals surface area contributed by atoms with Crippen LogP contribution in [0.5, 0.6) is 0 Å². The second kappa shape index (κ2) is 7.78. The molecule has 0 spiro atoms. The van der Waals surface area contributed by atoms with Gasteiger partial charge in [0.05, 0.1) is 9.29 Å². The lowest BCUT2D eigenvalue weighted by Crippen LogP contribution is -2.40. The molecule has 0 saturated carbocycles. The summed E-state index contributed by atoms with van der Waals surface area (Å²) in [7, 11) is 0. The minimum Gasteiger partial charge on any atom is -0.444 e. The number of hydrogen-bond acceptors (Lipinski definition) is 3. The summed E-state index contributed by atoms with van der Waals surface area (Å²) < 4.78 is 65.2. The summed E-state index contributed by atoms with van der Waals surface area (Å²) in [6.07, 6.45) is -1.61. The van der Waals surface area contributed by atoms with Gasteiger partial charge in [-0.3, -0.25) is 4.98 Å². The van der Waals surface area contributed by atoms with Crippen LogP contribution in [0.4, 0.5) is 4.79 Å². The fourth-order valence-electron chi connectivity index (χ4n) is 3.67. The molecule has 4 rings (SSSR count). The topological polar surface area (TPSA) is 47.4 Å². The number of carbonyl (C=O) groups excluding carboxylic acids is 1. The number of amides is 1. The Kier molecular flexibility index (Phi) is 3.50. The molecule has 0 unspecified atom stereocenters. The third kappa shape index (κ3) is 4.20. The van der Waals surface area contributed by atoms with Gasteiger partial charge >= 0.3 is 6.09 Å². The molecule has 1 aliphatic rings. The summed E-state index contributed by atoms with van der Waals surface area (Å²) >= 11 is 0. The van der Waals surface area contributed by atoms with E-state index in [9.17, 15) is 4.79 Å². The maximum atomic E-state index is 12.8. The van der Waals surface area contributed by atoms with Crippen LogP contribution in [-0.2, 0) is 30.6 Å². The highest BCUT2D eigenvalue weighted by Gasteiger charge is 2.29. The minimum absolute atomic E-state index is 0.0700. The van der Waals surface area contributed by atoms with E-state index >= 15 is 0 Å². The highest BCUT2D eigenvalue weighted by molar-refractivity contribution is 5.87. The molecule has 0 bridgehead atoms. The first-order valence-electron chi connectivity index (χ1n) is 13.5. The van der Waals surface area contributed by atoms with Gasteiger partial charge in [-0.15, -0.1) is 0 Å². The van der Waals surface area contributed by atoms with Crippen LogP contribution in [0.1, 0.15) is 58.4 Å². The lowest BCUT2D eigenvalue weighted by Gasteiger charge is -2.30. The van der Waals surface area contributed by atoms with E-state index in [1.165, 1.54) is 16.7 Å². The Labute approximate surface area is 188 Å². The zero-order chi connectivity index (χ0) is 27.6. The van der Waals surface area contributed by atoms with Crippen LogP contribution in [0, 0.1) is 13.8 Å². The molecule has 3 aromatic rings. The smallest absolute Gasteiger partial charge is 0.410 e. The first-order chi connectivity index (χ1) is 16.9. The van der Waals surface area contributed by atoms with Crippen LogP contribution >= 0.6 is 0 Å². The molecule has 0 fully saturated rings. The van der Waals surface area contributed by atoms with Gasteiger partial charge in [-0.2, -0.15) is 0 Å². The summed E-state index contributed by atoms with van der Waals surface area (Å²) in [6, 6.07) is 8.02. The van der Waals surface area contributed by atoms with Crippen LogP contribution in [0.3, 0.4) is 0 Å². The average Bonchev–Trinajstić information content (AvgIpc) is 3.10. The van der Waals surface area contributed by atoms with Crippen molar-refractivity contribution in [3.05, 3.63) is 64.6 Å². The first-order valence-corrected chi connectivity index (χ1v) is 10.0. The molecule has 5 heteroatoms. The lowest BCUT2D eigenvalue weighted by atomic mass is 10.0. The van der Waals surface area contributed by atoms with Crippen molar-refractivity contribution in [3.63, 3.8) is 0 Å². The number of hydrogen-bond donors (Lipinski definition) is 0. The predicted octanol–water partition coefficient (Wildman–Crippen LogP) is 5.19. The van der Waals surface area contributed by atoms with Crippen molar-refractivity contribution in [3.8, 4) is 0 Å². The summed E-state index contributed by atoms with van der Waals surface area (Å²) in [5, 5.41) is 0.749. The van der Waals surface area contributed by atoms with E-state index in [0.717, 1.165) is 22.7 Å². The van der Waals surface area contributed by atoms with Crippen LogP contribution in [0.25, 0.3) is 10.9 Å².